The fourth-order valence-corrected chi connectivity index (χ4v) is 6.39. The Bertz CT molecular complexity index is 1250. The number of hydrogen-bond donors (Lipinski definition) is 3. The molecule has 0 radical (unpaired) electrons. The van der Waals surface area contributed by atoms with Crippen LogP contribution in [0.2, 0.25) is 0 Å². The Morgan fingerprint density at radius 1 is 1.23 bits per heavy atom. The van der Waals surface area contributed by atoms with Crippen molar-refractivity contribution in [3.63, 3.8) is 0 Å². The molecule has 1 atom stereocenters. The molecule has 0 bridgehead atoms. The SMILES string of the molecule is O=C(O)C(=O)Nc1sc2c(c1C(=O)O)CCOC2CN1C(=O)c2ccccc2S1(=O)=O. The fourth-order valence-electron chi connectivity index (χ4n) is 3.54. The predicted molar refractivity (Wildman–Crippen MR) is 105 cm³/mol. The van der Waals surface area contributed by atoms with Gasteiger partial charge < -0.3 is 20.3 Å². The fraction of sp³-hybridized carbons (Fsp3) is 0.222. The average molecular weight is 466 g/mol. The summed E-state index contributed by atoms with van der Waals surface area (Å²) in [6.07, 6.45) is -0.816. The molecule has 1 aromatic heterocycles. The molecule has 31 heavy (non-hydrogen) atoms. The molecule has 0 saturated heterocycles. The monoisotopic (exact) mass is 466 g/mol. The van der Waals surface area contributed by atoms with Gasteiger partial charge in [-0.15, -0.1) is 11.3 Å². The summed E-state index contributed by atoms with van der Waals surface area (Å²) >= 11 is 0.779. The summed E-state index contributed by atoms with van der Waals surface area (Å²) in [5, 5.41) is 20.2. The molecule has 2 aliphatic heterocycles. The molecule has 3 heterocycles. The number of aliphatic carboxylic acids is 1. The van der Waals surface area contributed by atoms with Crippen LogP contribution in [-0.4, -0.2) is 59.8 Å². The number of nitrogens with one attached hydrogen (secondary N) is 1. The molecule has 1 aromatic carbocycles. The maximum absolute atomic E-state index is 12.8. The number of aromatic carboxylic acids is 1. The molecule has 4 rings (SSSR count). The minimum Gasteiger partial charge on any atom is -0.478 e. The Balaban J connectivity index is 1.71. The summed E-state index contributed by atoms with van der Waals surface area (Å²) in [4.78, 5) is 47.0. The van der Waals surface area contributed by atoms with E-state index in [1.54, 1.807) is 6.07 Å². The highest BCUT2D eigenvalue weighted by Gasteiger charge is 2.43. The Morgan fingerprint density at radius 3 is 2.58 bits per heavy atom. The molecule has 1 unspecified atom stereocenters. The molecule has 0 aliphatic carbocycles. The van der Waals surface area contributed by atoms with Gasteiger partial charge in [-0.2, -0.15) is 0 Å². The lowest BCUT2D eigenvalue weighted by Crippen LogP contribution is -2.36. The number of fused-ring (bicyclic) bond motifs is 2. The number of carboxylic acids is 2. The van der Waals surface area contributed by atoms with Gasteiger partial charge in [0.05, 0.1) is 24.3 Å². The second kappa shape index (κ2) is 7.44. The van der Waals surface area contributed by atoms with Gasteiger partial charge >= 0.3 is 17.8 Å². The van der Waals surface area contributed by atoms with E-state index in [2.05, 4.69) is 0 Å². The predicted octanol–water partition coefficient (Wildman–Crippen LogP) is 0.928. The molecule has 11 nitrogen and oxygen atoms in total. The van der Waals surface area contributed by atoms with Crippen molar-refractivity contribution in [2.75, 3.05) is 18.5 Å². The molecule has 162 valence electrons. The highest BCUT2D eigenvalue weighted by molar-refractivity contribution is 7.90. The van der Waals surface area contributed by atoms with Crippen molar-refractivity contribution in [1.29, 1.82) is 0 Å². The topological polar surface area (TPSA) is 167 Å². The van der Waals surface area contributed by atoms with Gasteiger partial charge in [0.25, 0.3) is 15.9 Å². The van der Waals surface area contributed by atoms with E-state index in [9.17, 15) is 32.7 Å². The van der Waals surface area contributed by atoms with Crippen LogP contribution in [0.15, 0.2) is 29.2 Å². The Kier molecular flexibility index (Phi) is 5.03. The van der Waals surface area contributed by atoms with Crippen LogP contribution in [0.25, 0.3) is 0 Å². The van der Waals surface area contributed by atoms with E-state index in [1.807, 2.05) is 5.32 Å². The van der Waals surface area contributed by atoms with E-state index >= 15 is 0 Å². The third kappa shape index (κ3) is 3.36. The number of rotatable bonds is 4. The minimum atomic E-state index is -4.10. The molecule has 3 N–H and O–H groups in total. The van der Waals surface area contributed by atoms with Crippen LogP contribution < -0.4 is 5.32 Å². The highest BCUT2D eigenvalue weighted by atomic mass is 32.2. The first-order chi connectivity index (χ1) is 14.6. The third-order valence-electron chi connectivity index (χ3n) is 4.88. The second-order valence-electron chi connectivity index (χ2n) is 6.66. The van der Waals surface area contributed by atoms with Crippen molar-refractivity contribution < 1.29 is 42.5 Å². The van der Waals surface area contributed by atoms with E-state index in [0.29, 0.717) is 14.7 Å². The van der Waals surface area contributed by atoms with Crippen LogP contribution in [0.3, 0.4) is 0 Å². The number of sulfonamides is 1. The van der Waals surface area contributed by atoms with Gasteiger partial charge in [-0.25, -0.2) is 22.3 Å². The van der Waals surface area contributed by atoms with Gasteiger partial charge in [0.1, 0.15) is 16.0 Å². The molecule has 2 aliphatic rings. The number of ether oxygens (including phenoxy) is 1. The smallest absolute Gasteiger partial charge is 0.394 e. The van der Waals surface area contributed by atoms with Gasteiger partial charge in [0, 0.05) is 4.88 Å². The van der Waals surface area contributed by atoms with Crippen LogP contribution in [0.4, 0.5) is 5.00 Å². The van der Waals surface area contributed by atoms with Crippen LogP contribution in [-0.2, 0) is 30.8 Å². The zero-order valence-electron chi connectivity index (χ0n) is 15.5. The van der Waals surface area contributed by atoms with Crippen LogP contribution in [0.1, 0.15) is 37.3 Å². The van der Waals surface area contributed by atoms with E-state index in [0.717, 1.165) is 11.3 Å². The number of nitrogens with zero attached hydrogens (tertiary/aromatic N) is 1. The molecular formula is C18H14N2O9S2. The number of amides is 2. The molecular weight excluding hydrogens is 452 g/mol. The van der Waals surface area contributed by atoms with E-state index in [1.165, 1.54) is 18.2 Å². The molecule has 0 saturated carbocycles. The summed E-state index contributed by atoms with van der Waals surface area (Å²) in [7, 11) is -4.10. The second-order valence-corrected chi connectivity index (χ2v) is 9.54. The lowest BCUT2D eigenvalue weighted by molar-refractivity contribution is -0.147. The van der Waals surface area contributed by atoms with Crippen molar-refractivity contribution in [2.45, 2.75) is 17.4 Å². The number of benzene rings is 1. The standard InChI is InChI=1S/C18H14N2O9S2/c21-14(18(25)26)19-15-12(17(23)24)9-5-6-29-10(13(9)30-15)7-20-16(22)8-3-1-2-4-11(8)31(20,27)28/h1-4,10H,5-7H2,(H,19,21)(H,23,24)(H,25,26). The number of carbonyl (C=O) groups is 4. The molecule has 0 fully saturated rings. The van der Waals surface area contributed by atoms with E-state index in [4.69, 9.17) is 9.84 Å². The van der Waals surface area contributed by atoms with Crippen molar-refractivity contribution >= 4 is 50.1 Å². The van der Waals surface area contributed by atoms with Crippen LogP contribution >= 0.6 is 11.3 Å². The lowest BCUT2D eigenvalue weighted by Gasteiger charge is -2.27. The molecule has 2 aromatic rings. The van der Waals surface area contributed by atoms with Crippen molar-refractivity contribution in [1.82, 2.24) is 4.31 Å². The number of carbonyl (C=O) groups excluding carboxylic acids is 2. The zero-order chi connectivity index (χ0) is 22.5. The van der Waals surface area contributed by atoms with Gasteiger partial charge in [-0.05, 0) is 24.1 Å². The largest absolute Gasteiger partial charge is 0.478 e. The molecule has 0 spiro atoms. The Hall–Kier alpha value is -3.29. The maximum Gasteiger partial charge on any atom is 0.394 e. The lowest BCUT2D eigenvalue weighted by atomic mass is 10.0. The summed E-state index contributed by atoms with van der Waals surface area (Å²) in [6.45, 7) is -0.343. The van der Waals surface area contributed by atoms with Gasteiger partial charge in [-0.1, -0.05) is 12.1 Å². The summed E-state index contributed by atoms with van der Waals surface area (Å²) in [5.74, 6) is -5.30. The first-order valence-electron chi connectivity index (χ1n) is 8.83. The number of hydrogen-bond acceptors (Lipinski definition) is 8. The quantitative estimate of drug-likeness (QED) is 0.555. The third-order valence-corrected chi connectivity index (χ3v) is 7.93. The summed E-state index contributed by atoms with van der Waals surface area (Å²) in [6, 6.07) is 5.76. The van der Waals surface area contributed by atoms with Crippen molar-refractivity contribution in [2.24, 2.45) is 0 Å². The highest BCUT2D eigenvalue weighted by Crippen LogP contribution is 2.43. The zero-order valence-corrected chi connectivity index (χ0v) is 17.2. The van der Waals surface area contributed by atoms with Gasteiger partial charge in [0.2, 0.25) is 0 Å². The summed E-state index contributed by atoms with van der Waals surface area (Å²) < 4.78 is 31.9. The average Bonchev–Trinajstić information content (AvgIpc) is 3.17. The summed E-state index contributed by atoms with van der Waals surface area (Å²) in [5.41, 5.74) is 0.0585. The first-order valence-corrected chi connectivity index (χ1v) is 11.1. The normalized spacial score (nSPS) is 18.9. The van der Waals surface area contributed by atoms with Crippen LogP contribution in [0.5, 0.6) is 0 Å². The number of thiophene rings is 1. The molecule has 13 heteroatoms. The van der Waals surface area contributed by atoms with Crippen LogP contribution in [0, 0.1) is 0 Å². The van der Waals surface area contributed by atoms with Gasteiger partial charge in [0.15, 0.2) is 0 Å². The maximum atomic E-state index is 12.8. The van der Waals surface area contributed by atoms with Crippen molar-refractivity contribution in [3.8, 4) is 0 Å². The Morgan fingerprint density at radius 2 is 1.94 bits per heavy atom. The van der Waals surface area contributed by atoms with E-state index in [-0.39, 0.29) is 34.1 Å². The molecule has 2 amide bonds. The van der Waals surface area contributed by atoms with E-state index < -0.39 is 46.4 Å². The number of carboxylic acid groups (broad SMARTS) is 2. The first kappa shape index (κ1) is 21.0. The number of anilines is 1. The Labute approximate surface area is 178 Å². The van der Waals surface area contributed by atoms with Crippen molar-refractivity contribution in [3.05, 3.63) is 45.8 Å². The minimum absolute atomic E-state index is 0.0327. The van der Waals surface area contributed by atoms with Gasteiger partial charge in [-0.3, -0.25) is 9.59 Å².